The van der Waals surface area contributed by atoms with Crippen molar-refractivity contribution in [3.05, 3.63) is 41.2 Å². The van der Waals surface area contributed by atoms with Gasteiger partial charge in [0.1, 0.15) is 5.82 Å². The van der Waals surface area contributed by atoms with Gasteiger partial charge in [0.2, 0.25) is 0 Å². The van der Waals surface area contributed by atoms with E-state index >= 15 is 0 Å². The average Bonchev–Trinajstić information content (AvgIpc) is 2.55. The smallest absolute Gasteiger partial charge is 0.132 e. The second-order valence-corrected chi connectivity index (χ2v) is 6.05. The van der Waals surface area contributed by atoms with Gasteiger partial charge < -0.3 is 10.2 Å². The molecule has 0 unspecified atom stereocenters. The van der Waals surface area contributed by atoms with Gasteiger partial charge in [0.25, 0.3) is 0 Å². The normalized spacial score (nSPS) is 20.8. The maximum Gasteiger partial charge on any atom is 0.132 e. The van der Waals surface area contributed by atoms with Gasteiger partial charge in [-0.1, -0.05) is 11.6 Å². The summed E-state index contributed by atoms with van der Waals surface area (Å²) in [5.74, 6) is 1.14. The summed E-state index contributed by atoms with van der Waals surface area (Å²) in [6, 6.07) is 6.53. The number of hydrogen-bond acceptors (Lipinski definition) is 4. The lowest BCUT2D eigenvalue weighted by Crippen LogP contribution is -2.53. The first kappa shape index (κ1) is 13.0. The minimum Gasteiger partial charge on any atom is -0.351 e. The molecule has 1 saturated heterocycles. The number of nitrogens with one attached hydrogen (secondary N) is 1. The predicted octanol–water partition coefficient (Wildman–Crippen LogP) is 2.52. The number of fused-ring (bicyclic) bond motifs is 3. The summed E-state index contributed by atoms with van der Waals surface area (Å²) in [6.07, 6.45) is 5.84. The summed E-state index contributed by atoms with van der Waals surface area (Å²) >= 11 is 5.94. The Morgan fingerprint density at radius 2 is 2.19 bits per heavy atom. The highest BCUT2D eigenvalue weighted by Crippen LogP contribution is 2.35. The quantitative estimate of drug-likeness (QED) is 0.879. The van der Waals surface area contributed by atoms with Crippen LogP contribution in [0.5, 0.6) is 0 Å². The Morgan fingerprint density at radius 3 is 3.05 bits per heavy atom. The van der Waals surface area contributed by atoms with E-state index in [0.717, 1.165) is 37.6 Å². The van der Waals surface area contributed by atoms with Crippen LogP contribution in [-0.2, 0) is 6.42 Å². The van der Waals surface area contributed by atoms with E-state index in [1.807, 2.05) is 18.3 Å². The van der Waals surface area contributed by atoms with Gasteiger partial charge in [-0.2, -0.15) is 0 Å². The zero-order valence-electron chi connectivity index (χ0n) is 11.7. The van der Waals surface area contributed by atoms with E-state index < -0.39 is 0 Å². The minimum absolute atomic E-state index is 0.576. The number of hydrogen-bond donors (Lipinski definition) is 1. The number of halogens is 1. The molecular formula is C16H17ClN4. The molecule has 1 atom stereocenters. The molecule has 0 bridgehead atoms. The lowest BCUT2D eigenvalue weighted by molar-refractivity contribution is 0.436. The highest BCUT2D eigenvalue weighted by molar-refractivity contribution is 6.30. The van der Waals surface area contributed by atoms with Crippen LogP contribution in [0, 0.1) is 0 Å². The molecule has 4 nitrogen and oxygen atoms in total. The van der Waals surface area contributed by atoms with Crippen molar-refractivity contribution in [1.82, 2.24) is 15.3 Å². The van der Waals surface area contributed by atoms with E-state index in [0.29, 0.717) is 11.1 Å². The molecule has 4 rings (SSSR count). The van der Waals surface area contributed by atoms with Gasteiger partial charge in [-0.15, -0.1) is 0 Å². The van der Waals surface area contributed by atoms with Gasteiger partial charge in [-0.25, -0.2) is 4.98 Å². The van der Waals surface area contributed by atoms with Gasteiger partial charge in [-0.05, 0) is 31.0 Å². The van der Waals surface area contributed by atoms with Crippen molar-refractivity contribution in [3.63, 3.8) is 0 Å². The number of aromatic nitrogens is 2. The van der Waals surface area contributed by atoms with Crippen molar-refractivity contribution < 1.29 is 0 Å². The number of pyridine rings is 2. The standard InChI is InChI=1S/C16H17ClN4/c17-11-1-4-15(20-9-11)13-5-6-19-16-14(13)3-2-12-10-18-7-8-21(12)16/h1,4-6,9,12,18H,2-3,7-8,10H2/t12-/m1/s1. The van der Waals surface area contributed by atoms with Crippen LogP contribution < -0.4 is 10.2 Å². The monoisotopic (exact) mass is 300 g/mol. The fourth-order valence-electron chi connectivity index (χ4n) is 3.36. The van der Waals surface area contributed by atoms with Gasteiger partial charge in [0, 0.05) is 49.2 Å². The summed E-state index contributed by atoms with van der Waals surface area (Å²) in [5, 5.41) is 4.14. The summed E-state index contributed by atoms with van der Waals surface area (Å²) in [4.78, 5) is 11.6. The SMILES string of the molecule is Clc1ccc(-c2ccnc3c2CC[C@@H]2CNCCN32)nc1. The van der Waals surface area contributed by atoms with E-state index in [2.05, 4.69) is 26.3 Å². The fourth-order valence-corrected chi connectivity index (χ4v) is 3.47. The van der Waals surface area contributed by atoms with Crippen molar-refractivity contribution in [3.8, 4) is 11.3 Å². The largest absolute Gasteiger partial charge is 0.351 e. The van der Waals surface area contributed by atoms with E-state index in [9.17, 15) is 0 Å². The molecule has 1 fully saturated rings. The summed E-state index contributed by atoms with van der Waals surface area (Å²) < 4.78 is 0. The zero-order valence-corrected chi connectivity index (χ0v) is 12.5. The molecule has 4 heterocycles. The van der Waals surface area contributed by atoms with Crippen LogP contribution >= 0.6 is 11.6 Å². The third-order valence-corrected chi connectivity index (χ3v) is 4.61. The van der Waals surface area contributed by atoms with E-state index in [4.69, 9.17) is 11.6 Å². The Bertz CT molecular complexity index is 656. The van der Waals surface area contributed by atoms with E-state index in [1.165, 1.54) is 17.5 Å². The molecule has 0 spiro atoms. The third-order valence-electron chi connectivity index (χ3n) is 4.39. The number of rotatable bonds is 1. The molecule has 0 saturated carbocycles. The Morgan fingerprint density at radius 1 is 1.24 bits per heavy atom. The maximum atomic E-state index is 5.94. The number of nitrogens with zero attached hydrogens (tertiary/aromatic N) is 3. The molecule has 108 valence electrons. The minimum atomic E-state index is 0.576. The Hall–Kier alpha value is -1.65. The molecule has 5 heteroatoms. The molecule has 21 heavy (non-hydrogen) atoms. The number of piperazine rings is 1. The second kappa shape index (κ2) is 5.28. The molecule has 2 aromatic rings. The predicted molar refractivity (Wildman–Crippen MR) is 84.8 cm³/mol. The summed E-state index contributed by atoms with van der Waals surface area (Å²) in [7, 11) is 0. The van der Waals surface area contributed by atoms with Gasteiger partial charge in [0.15, 0.2) is 0 Å². The van der Waals surface area contributed by atoms with Crippen molar-refractivity contribution in [2.45, 2.75) is 18.9 Å². The zero-order chi connectivity index (χ0) is 14.2. The number of anilines is 1. The maximum absolute atomic E-state index is 5.94. The first-order valence-corrected chi connectivity index (χ1v) is 7.78. The molecule has 2 aromatic heterocycles. The molecule has 2 aliphatic rings. The van der Waals surface area contributed by atoms with Gasteiger partial charge >= 0.3 is 0 Å². The summed E-state index contributed by atoms with van der Waals surface area (Å²) in [5.41, 5.74) is 3.49. The van der Waals surface area contributed by atoms with Crippen LogP contribution in [0.4, 0.5) is 5.82 Å². The van der Waals surface area contributed by atoms with Crippen LogP contribution in [0.1, 0.15) is 12.0 Å². The lowest BCUT2D eigenvalue weighted by Gasteiger charge is -2.41. The molecule has 0 aliphatic carbocycles. The third kappa shape index (κ3) is 2.28. The molecule has 0 radical (unpaired) electrons. The molecule has 0 aromatic carbocycles. The van der Waals surface area contributed by atoms with Crippen molar-refractivity contribution in [2.75, 3.05) is 24.5 Å². The topological polar surface area (TPSA) is 41.1 Å². The Balaban J connectivity index is 1.79. The van der Waals surface area contributed by atoms with Crippen LogP contribution in [0.25, 0.3) is 11.3 Å². The molecule has 0 amide bonds. The van der Waals surface area contributed by atoms with Gasteiger partial charge in [0.05, 0.1) is 10.7 Å². The van der Waals surface area contributed by atoms with Crippen LogP contribution in [0.3, 0.4) is 0 Å². The van der Waals surface area contributed by atoms with Crippen molar-refractivity contribution >= 4 is 17.4 Å². The van der Waals surface area contributed by atoms with Crippen LogP contribution in [0.2, 0.25) is 5.02 Å². The van der Waals surface area contributed by atoms with Crippen molar-refractivity contribution in [1.29, 1.82) is 0 Å². The van der Waals surface area contributed by atoms with Crippen LogP contribution in [0.15, 0.2) is 30.6 Å². The molecule has 2 aliphatic heterocycles. The Kier molecular flexibility index (Phi) is 3.28. The highest BCUT2D eigenvalue weighted by atomic mass is 35.5. The Labute approximate surface area is 129 Å². The first-order valence-electron chi connectivity index (χ1n) is 7.40. The summed E-state index contributed by atoms with van der Waals surface area (Å²) in [6.45, 7) is 3.12. The average molecular weight is 301 g/mol. The lowest BCUT2D eigenvalue weighted by atomic mass is 9.92. The second-order valence-electron chi connectivity index (χ2n) is 5.61. The fraction of sp³-hybridized carbons (Fsp3) is 0.375. The first-order chi connectivity index (χ1) is 10.3. The molecule has 1 N–H and O–H groups in total. The van der Waals surface area contributed by atoms with E-state index in [1.54, 1.807) is 6.20 Å². The van der Waals surface area contributed by atoms with Crippen molar-refractivity contribution in [2.24, 2.45) is 0 Å². The highest BCUT2D eigenvalue weighted by Gasteiger charge is 2.30. The molecular weight excluding hydrogens is 284 g/mol. The van der Waals surface area contributed by atoms with Gasteiger partial charge in [-0.3, -0.25) is 4.98 Å². The van der Waals surface area contributed by atoms with Crippen LogP contribution in [-0.4, -0.2) is 35.6 Å². The van der Waals surface area contributed by atoms with E-state index in [-0.39, 0.29) is 0 Å².